The quantitative estimate of drug-likeness (QED) is 0.873. The van der Waals surface area contributed by atoms with Crippen molar-refractivity contribution in [2.45, 2.75) is 31.9 Å². The molecule has 2 heterocycles. The summed E-state index contributed by atoms with van der Waals surface area (Å²) in [6.07, 6.45) is 1.78. The molecule has 3 rings (SSSR count). The van der Waals surface area contributed by atoms with E-state index in [0.29, 0.717) is 19.0 Å². The Kier molecular flexibility index (Phi) is 4.33. The van der Waals surface area contributed by atoms with E-state index in [-0.39, 0.29) is 6.04 Å². The fourth-order valence-electron chi connectivity index (χ4n) is 3.14. The van der Waals surface area contributed by atoms with E-state index in [1.54, 1.807) is 0 Å². The van der Waals surface area contributed by atoms with Crippen LogP contribution in [-0.2, 0) is 0 Å². The minimum absolute atomic E-state index is 0.287. The molecule has 1 aromatic rings. The summed E-state index contributed by atoms with van der Waals surface area (Å²) in [5.74, 6) is 1.49. The van der Waals surface area contributed by atoms with Crippen molar-refractivity contribution >= 4 is 0 Å². The molecule has 0 radical (unpaired) electrons. The van der Waals surface area contributed by atoms with E-state index in [4.69, 9.17) is 15.2 Å². The van der Waals surface area contributed by atoms with E-state index in [1.165, 1.54) is 12.8 Å². The Labute approximate surface area is 125 Å². The van der Waals surface area contributed by atoms with Crippen molar-refractivity contribution in [1.29, 1.82) is 0 Å². The van der Waals surface area contributed by atoms with Crippen molar-refractivity contribution in [2.75, 3.05) is 32.8 Å². The molecule has 0 aromatic heterocycles. The van der Waals surface area contributed by atoms with E-state index in [2.05, 4.69) is 4.90 Å². The standard InChI is InChI=1S/C16H24N2O3/c1-11-8-12(9-14-16(11)21-7-6-20-14)15(19)13(17)10-18-4-2-3-5-18/h8-9,13,15,19H,2-7,10,17H2,1H3. The minimum Gasteiger partial charge on any atom is -0.486 e. The maximum Gasteiger partial charge on any atom is 0.164 e. The van der Waals surface area contributed by atoms with Crippen LogP contribution in [0.15, 0.2) is 12.1 Å². The Hall–Kier alpha value is -1.30. The third kappa shape index (κ3) is 3.15. The van der Waals surface area contributed by atoms with E-state index in [1.807, 2.05) is 19.1 Å². The zero-order valence-corrected chi connectivity index (χ0v) is 12.5. The van der Waals surface area contributed by atoms with Crippen LogP contribution in [0.1, 0.15) is 30.1 Å². The maximum atomic E-state index is 10.5. The number of hydrogen-bond donors (Lipinski definition) is 2. The first kappa shape index (κ1) is 14.6. The molecule has 1 aromatic carbocycles. The average Bonchev–Trinajstić information content (AvgIpc) is 2.99. The third-order valence-electron chi connectivity index (χ3n) is 4.26. The molecule has 5 heteroatoms. The van der Waals surface area contributed by atoms with Gasteiger partial charge in [-0.15, -0.1) is 0 Å². The predicted octanol–water partition coefficient (Wildman–Crippen LogP) is 1.22. The number of aliphatic hydroxyl groups excluding tert-OH is 1. The van der Waals surface area contributed by atoms with Crippen LogP contribution in [0.3, 0.4) is 0 Å². The first-order valence-electron chi connectivity index (χ1n) is 7.71. The van der Waals surface area contributed by atoms with Crippen molar-refractivity contribution in [1.82, 2.24) is 4.90 Å². The molecule has 2 aliphatic heterocycles. The Balaban J connectivity index is 1.74. The van der Waals surface area contributed by atoms with Gasteiger partial charge in [-0.25, -0.2) is 0 Å². The van der Waals surface area contributed by atoms with Crippen molar-refractivity contribution < 1.29 is 14.6 Å². The largest absolute Gasteiger partial charge is 0.486 e. The van der Waals surface area contributed by atoms with Crippen LogP contribution in [0, 0.1) is 6.92 Å². The van der Waals surface area contributed by atoms with Gasteiger partial charge in [-0.2, -0.15) is 0 Å². The predicted molar refractivity (Wildman–Crippen MR) is 80.8 cm³/mol. The fourth-order valence-corrected chi connectivity index (χ4v) is 3.14. The maximum absolute atomic E-state index is 10.5. The van der Waals surface area contributed by atoms with Gasteiger partial charge in [0.25, 0.3) is 0 Å². The molecule has 0 bridgehead atoms. The van der Waals surface area contributed by atoms with Crippen LogP contribution in [-0.4, -0.2) is 48.9 Å². The summed E-state index contributed by atoms with van der Waals surface area (Å²) < 4.78 is 11.2. The number of likely N-dealkylation sites (tertiary alicyclic amines) is 1. The van der Waals surface area contributed by atoms with E-state index >= 15 is 0 Å². The molecular weight excluding hydrogens is 268 g/mol. The number of nitrogens with two attached hydrogens (primary N) is 1. The number of hydrogen-bond acceptors (Lipinski definition) is 5. The van der Waals surface area contributed by atoms with Gasteiger partial charge >= 0.3 is 0 Å². The van der Waals surface area contributed by atoms with Crippen LogP contribution >= 0.6 is 0 Å². The fraction of sp³-hybridized carbons (Fsp3) is 0.625. The first-order valence-corrected chi connectivity index (χ1v) is 7.71. The summed E-state index contributed by atoms with van der Waals surface area (Å²) in [7, 11) is 0. The van der Waals surface area contributed by atoms with Gasteiger partial charge < -0.3 is 25.2 Å². The molecular formula is C16H24N2O3. The molecule has 1 saturated heterocycles. The minimum atomic E-state index is -0.680. The molecule has 2 atom stereocenters. The Morgan fingerprint density at radius 2 is 1.95 bits per heavy atom. The summed E-state index contributed by atoms with van der Waals surface area (Å²) in [4.78, 5) is 2.32. The van der Waals surface area contributed by atoms with Gasteiger partial charge in [0, 0.05) is 12.6 Å². The van der Waals surface area contributed by atoms with Gasteiger partial charge in [0.05, 0.1) is 6.10 Å². The normalized spacial score (nSPS) is 21.3. The number of aryl methyl sites for hydroxylation is 1. The lowest BCUT2D eigenvalue weighted by atomic mass is 9.99. The van der Waals surface area contributed by atoms with Crippen molar-refractivity contribution in [2.24, 2.45) is 5.73 Å². The van der Waals surface area contributed by atoms with Gasteiger partial charge in [-0.05, 0) is 56.1 Å². The van der Waals surface area contributed by atoms with Gasteiger partial charge in [0.1, 0.15) is 13.2 Å². The molecule has 0 spiro atoms. The summed E-state index contributed by atoms with van der Waals surface area (Å²) in [5, 5.41) is 10.5. The van der Waals surface area contributed by atoms with Gasteiger partial charge in [0.2, 0.25) is 0 Å². The summed E-state index contributed by atoms with van der Waals surface area (Å²) in [5.41, 5.74) is 7.98. The molecule has 21 heavy (non-hydrogen) atoms. The average molecular weight is 292 g/mol. The number of nitrogens with zero attached hydrogens (tertiary/aromatic N) is 1. The van der Waals surface area contributed by atoms with Gasteiger partial charge in [-0.1, -0.05) is 0 Å². The number of fused-ring (bicyclic) bond motifs is 1. The molecule has 2 unspecified atom stereocenters. The number of ether oxygens (including phenoxy) is 2. The molecule has 1 fully saturated rings. The lowest BCUT2D eigenvalue weighted by Gasteiger charge is -2.26. The van der Waals surface area contributed by atoms with Crippen LogP contribution in [0.5, 0.6) is 11.5 Å². The lowest BCUT2D eigenvalue weighted by molar-refractivity contribution is 0.123. The zero-order valence-electron chi connectivity index (χ0n) is 12.5. The van der Waals surface area contributed by atoms with E-state index < -0.39 is 6.10 Å². The summed E-state index contributed by atoms with van der Waals surface area (Å²) >= 11 is 0. The number of benzene rings is 1. The molecule has 5 nitrogen and oxygen atoms in total. The summed E-state index contributed by atoms with van der Waals surface area (Å²) in [6.45, 7) is 5.99. The first-order chi connectivity index (χ1) is 10.1. The molecule has 0 aliphatic carbocycles. The Bertz CT molecular complexity index is 501. The SMILES string of the molecule is Cc1cc(C(O)C(N)CN2CCCC2)cc2c1OCCO2. The van der Waals surface area contributed by atoms with Gasteiger partial charge in [-0.3, -0.25) is 0 Å². The Morgan fingerprint density at radius 1 is 1.24 bits per heavy atom. The second-order valence-electron chi connectivity index (χ2n) is 5.98. The smallest absolute Gasteiger partial charge is 0.164 e. The molecule has 3 N–H and O–H groups in total. The van der Waals surface area contributed by atoms with Crippen molar-refractivity contribution in [3.63, 3.8) is 0 Å². The molecule has 0 amide bonds. The lowest BCUT2D eigenvalue weighted by Crippen LogP contribution is -2.40. The number of rotatable bonds is 4. The second kappa shape index (κ2) is 6.22. The van der Waals surface area contributed by atoms with E-state index in [0.717, 1.165) is 36.5 Å². The van der Waals surface area contributed by atoms with Crippen LogP contribution in [0.4, 0.5) is 0 Å². The third-order valence-corrected chi connectivity index (χ3v) is 4.26. The molecule has 116 valence electrons. The van der Waals surface area contributed by atoms with Gasteiger partial charge in [0.15, 0.2) is 11.5 Å². The molecule has 2 aliphatic rings. The van der Waals surface area contributed by atoms with Crippen LogP contribution < -0.4 is 15.2 Å². The van der Waals surface area contributed by atoms with Crippen LogP contribution in [0.2, 0.25) is 0 Å². The number of aliphatic hydroxyl groups is 1. The highest BCUT2D eigenvalue weighted by atomic mass is 16.6. The highest BCUT2D eigenvalue weighted by molar-refractivity contribution is 5.50. The monoisotopic (exact) mass is 292 g/mol. The van der Waals surface area contributed by atoms with E-state index in [9.17, 15) is 5.11 Å². The topological polar surface area (TPSA) is 68.0 Å². The highest BCUT2D eigenvalue weighted by Crippen LogP contribution is 2.36. The zero-order chi connectivity index (χ0) is 14.8. The summed E-state index contributed by atoms with van der Waals surface area (Å²) in [6, 6.07) is 3.52. The van der Waals surface area contributed by atoms with Crippen molar-refractivity contribution in [3.8, 4) is 11.5 Å². The Morgan fingerprint density at radius 3 is 2.71 bits per heavy atom. The van der Waals surface area contributed by atoms with Crippen LogP contribution in [0.25, 0.3) is 0 Å². The molecule has 0 saturated carbocycles. The highest BCUT2D eigenvalue weighted by Gasteiger charge is 2.24. The second-order valence-corrected chi connectivity index (χ2v) is 5.98. The van der Waals surface area contributed by atoms with Crippen molar-refractivity contribution in [3.05, 3.63) is 23.3 Å².